The number of hydrogen-bond donors (Lipinski definition) is 1. The van der Waals surface area contributed by atoms with Gasteiger partial charge in [0.25, 0.3) is 5.91 Å². The quantitative estimate of drug-likeness (QED) is 0.810. The molecule has 1 N–H and O–H groups in total. The van der Waals surface area contributed by atoms with Crippen molar-refractivity contribution in [1.29, 1.82) is 0 Å². The maximum atomic E-state index is 12.7. The second-order valence-electron chi connectivity index (χ2n) is 7.23. The highest BCUT2D eigenvalue weighted by atomic mass is 35.5. The van der Waals surface area contributed by atoms with Gasteiger partial charge >= 0.3 is 0 Å². The summed E-state index contributed by atoms with van der Waals surface area (Å²) in [6, 6.07) is 11.4. The van der Waals surface area contributed by atoms with Crippen LogP contribution < -0.4 is 14.8 Å². The molecule has 0 radical (unpaired) electrons. The van der Waals surface area contributed by atoms with E-state index in [2.05, 4.69) is 16.3 Å². The van der Waals surface area contributed by atoms with Gasteiger partial charge in [-0.15, -0.1) is 0 Å². The van der Waals surface area contributed by atoms with Crippen LogP contribution in [0.5, 0.6) is 11.5 Å². The van der Waals surface area contributed by atoms with Crippen LogP contribution in [0.4, 0.5) is 0 Å². The Bertz CT molecular complexity index is 868. The van der Waals surface area contributed by atoms with Crippen molar-refractivity contribution in [3.05, 3.63) is 58.1 Å². The van der Waals surface area contributed by atoms with Gasteiger partial charge in [0, 0.05) is 38.2 Å². The average molecular weight is 417 g/mol. The Morgan fingerprint density at radius 1 is 1.03 bits per heavy atom. The van der Waals surface area contributed by atoms with Gasteiger partial charge < -0.3 is 19.5 Å². The van der Waals surface area contributed by atoms with Gasteiger partial charge in [-0.2, -0.15) is 0 Å². The number of fused-ring (bicyclic) bond motifs is 1. The molecule has 0 aliphatic carbocycles. The number of amides is 1. The van der Waals surface area contributed by atoms with Crippen molar-refractivity contribution >= 4 is 17.5 Å². The van der Waals surface area contributed by atoms with E-state index in [0.717, 1.165) is 50.4 Å². The van der Waals surface area contributed by atoms with Crippen molar-refractivity contribution in [2.24, 2.45) is 0 Å². The molecule has 1 fully saturated rings. The molecule has 2 heterocycles. The van der Waals surface area contributed by atoms with Crippen LogP contribution in [0.15, 0.2) is 36.4 Å². The third-order valence-corrected chi connectivity index (χ3v) is 5.29. The lowest BCUT2D eigenvalue weighted by Crippen LogP contribution is -2.35. The summed E-state index contributed by atoms with van der Waals surface area (Å²) in [5, 5.41) is 3.47. The zero-order valence-electron chi connectivity index (χ0n) is 16.3. The average Bonchev–Trinajstić information content (AvgIpc) is 2.99. The van der Waals surface area contributed by atoms with Gasteiger partial charge in [0.1, 0.15) is 0 Å². The summed E-state index contributed by atoms with van der Waals surface area (Å²) in [7, 11) is 0. The molecule has 2 aliphatic rings. The van der Waals surface area contributed by atoms with E-state index in [1.165, 1.54) is 0 Å². The van der Waals surface area contributed by atoms with Gasteiger partial charge in [0.2, 0.25) is 0 Å². The topological polar surface area (TPSA) is 60.0 Å². The number of carbonyl (C=O) groups excluding carboxylic acids is 1. The molecular weight excluding hydrogens is 392 g/mol. The predicted octanol–water partition coefficient (Wildman–Crippen LogP) is 3.26. The number of carbonyl (C=O) groups is 1. The van der Waals surface area contributed by atoms with E-state index in [0.29, 0.717) is 41.8 Å². The summed E-state index contributed by atoms with van der Waals surface area (Å²) in [6.07, 6.45) is 0.817. The fourth-order valence-electron chi connectivity index (χ4n) is 3.50. The first-order valence-electron chi connectivity index (χ1n) is 9.94. The summed E-state index contributed by atoms with van der Waals surface area (Å²) >= 11 is 6.33. The number of benzene rings is 2. The molecule has 1 saturated heterocycles. The maximum absolute atomic E-state index is 12.7. The number of morpholine rings is 1. The Labute approximate surface area is 175 Å². The van der Waals surface area contributed by atoms with Crippen molar-refractivity contribution in [3.63, 3.8) is 0 Å². The van der Waals surface area contributed by atoms with Gasteiger partial charge in [-0.1, -0.05) is 23.7 Å². The number of rotatable bonds is 5. The molecule has 2 aromatic rings. The fourth-order valence-corrected chi connectivity index (χ4v) is 3.79. The number of hydrogen-bond acceptors (Lipinski definition) is 5. The van der Waals surface area contributed by atoms with Crippen molar-refractivity contribution in [2.75, 3.05) is 39.5 Å². The highest BCUT2D eigenvalue weighted by Gasteiger charge is 2.16. The Kier molecular flexibility index (Phi) is 6.54. The van der Waals surface area contributed by atoms with E-state index in [4.69, 9.17) is 25.8 Å². The van der Waals surface area contributed by atoms with Gasteiger partial charge in [-0.3, -0.25) is 9.69 Å². The van der Waals surface area contributed by atoms with Crippen LogP contribution in [0.3, 0.4) is 0 Å². The monoisotopic (exact) mass is 416 g/mol. The summed E-state index contributed by atoms with van der Waals surface area (Å²) in [6.45, 7) is 5.73. The van der Waals surface area contributed by atoms with Crippen LogP contribution in [0.25, 0.3) is 0 Å². The van der Waals surface area contributed by atoms with Crippen LogP contribution >= 0.6 is 11.6 Å². The Balaban J connectivity index is 1.39. The number of ether oxygens (including phenoxy) is 3. The minimum absolute atomic E-state index is 0.114. The third kappa shape index (κ3) is 5.21. The van der Waals surface area contributed by atoms with Crippen LogP contribution in [-0.4, -0.2) is 50.3 Å². The maximum Gasteiger partial charge on any atom is 0.251 e. The first-order chi connectivity index (χ1) is 14.2. The van der Waals surface area contributed by atoms with Crippen molar-refractivity contribution in [2.45, 2.75) is 19.5 Å². The zero-order chi connectivity index (χ0) is 20.1. The number of nitrogens with one attached hydrogen (secondary N) is 1. The van der Waals surface area contributed by atoms with Crippen LogP contribution in [0.2, 0.25) is 5.02 Å². The molecule has 2 aliphatic heterocycles. The molecule has 1 amide bonds. The second-order valence-corrected chi connectivity index (χ2v) is 7.63. The standard InChI is InChI=1S/C22H25ClN2O4/c23-19-12-17(13-20-21(19)29-8-2-7-28-20)14-24-22(26)18-4-1-3-16(11-18)15-25-5-9-27-10-6-25/h1,3-4,11-13H,2,5-10,14-15H2,(H,24,26). The highest BCUT2D eigenvalue weighted by molar-refractivity contribution is 6.32. The molecule has 6 nitrogen and oxygen atoms in total. The first-order valence-corrected chi connectivity index (χ1v) is 10.3. The molecule has 0 aromatic heterocycles. The van der Waals surface area contributed by atoms with Crippen molar-refractivity contribution < 1.29 is 19.0 Å². The normalized spacial score (nSPS) is 16.9. The third-order valence-electron chi connectivity index (χ3n) is 5.01. The molecule has 4 rings (SSSR count). The first kappa shape index (κ1) is 20.0. The van der Waals surface area contributed by atoms with Crippen LogP contribution in [0.1, 0.15) is 27.9 Å². The Hall–Kier alpha value is -2.28. The van der Waals surface area contributed by atoms with Crippen molar-refractivity contribution in [3.8, 4) is 11.5 Å². The van der Waals surface area contributed by atoms with E-state index in [-0.39, 0.29) is 5.91 Å². The summed E-state index contributed by atoms with van der Waals surface area (Å²) in [5.41, 5.74) is 2.64. The lowest BCUT2D eigenvalue weighted by Gasteiger charge is -2.26. The highest BCUT2D eigenvalue weighted by Crippen LogP contribution is 2.37. The summed E-state index contributed by atoms with van der Waals surface area (Å²) < 4.78 is 16.8. The smallest absolute Gasteiger partial charge is 0.251 e. The van der Waals surface area contributed by atoms with Gasteiger partial charge in [-0.05, 0) is 35.4 Å². The molecule has 0 spiro atoms. The van der Waals surface area contributed by atoms with Gasteiger partial charge in [0.05, 0.1) is 31.5 Å². The minimum atomic E-state index is -0.114. The van der Waals surface area contributed by atoms with Crippen LogP contribution in [0, 0.1) is 0 Å². The van der Waals surface area contributed by atoms with Crippen molar-refractivity contribution in [1.82, 2.24) is 10.2 Å². The lowest BCUT2D eigenvalue weighted by molar-refractivity contribution is 0.0342. The van der Waals surface area contributed by atoms with E-state index in [9.17, 15) is 4.79 Å². The second kappa shape index (κ2) is 9.48. The molecule has 154 valence electrons. The Morgan fingerprint density at radius 3 is 2.72 bits per heavy atom. The SMILES string of the molecule is O=C(NCc1cc(Cl)c2c(c1)OCCCO2)c1cccc(CN2CCOCC2)c1. The summed E-state index contributed by atoms with van der Waals surface area (Å²) in [4.78, 5) is 15.0. The molecular formula is C22H25ClN2O4. The van der Waals surface area contributed by atoms with E-state index >= 15 is 0 Å². The van der Waals surface area contributed by atoms with E-state index < -0.39 is 0 Å². The van der Waals surface area contributed by atoms with Gasteiger partial charge in [0.15, 0.2) is 11.5 Å². The Morgan fingerprint density at radius 2 is 1.86 bits per heavy atom. The molecule has 0 atom stereocenters. The zero-order valence-corrected chi connectivity index (χ0v) is 17.0. The number of halogens is 1. The fraction of sp³-hybridized carbons (Fsp3) is 0.409. The largest absolute Gasteiger partial charge is 0.489 e. The van der Waals surface area contributed by atoms with E-state index in [1.807, 2.05) is 30.3 Å². The lowest BCUT2D eigenvalue weighted by atomic mass is 10.1. The molecule has 0 bridgehead atoms. The molecule has 0 unspecified atom stereocenters. The molecule has 0 saturated carbocycles. The summed E-state index contributed by atoms with van der Waals surface area (Å²) in [5.74, 6) is 1.10. The predicted molar refractivity (Wildman–Crippen MR) is 111 cm³/mol. The van der Waals surface area contributed by atoms with Crippen LogP contribution in [-0.2, 0) is 17.8 Å². The van der Waals surface area contributed by atoms with Gasteiger partial charge in [-0.25, -0.2) is 0 Å². The molecule has 7 heteroatoms. The molecule has 2 aromatic carbocycles. The number of nitrogens with zero attached hydrogens (tertiary/aromatic N) is 1. The minimum Gasteiger partial charge on any atom is -0.489 e. The van der Waals surface area contributed by atoms with E-state index in [1.54, 1.807) is 0 Å². The molecule has 29 heavy (non-hydrogen) atoms.